The Hall–Kier alpha value is -3.91. The van der Waals surface area contributed by atoms with Crippen LogP contribution in [0.1, 0.15) is 25.3 Å². The Kier molecular flexibility index (Phi) is 11.0. The normalized spacial score (nSPS) is 14.0. The smallest absolute Gasteiger partial charge is 0.258 e. The molecule has 0 spiro atoms. The molecule has 14 heteroatoms. The fraction of sp³-hybridized carbons (Fsp3) is 0.357. The molecule has 11 nitrogen and oxygen atoms in total. The number of hydroxylamine groups is 1. The summed E-state index contributed by atoms with van der Waals surface area (Å²) < 4.78 is 32.9. The molecule has 1 aliphatic heterocycles. The van der Waals surface area contributed by atoms with E-state index in [1.165, 1.54) is 48.3 Å². The van der Waals surface area contributed by atoms with Crippen molar-refractivity contribution >= 4 is 35.7 Å². The highest BCUT2D eigenvalue weighted by Gasteiger charge is 2.27. The topological polar surface area (TPSA) is 120 Å². The largest absolute Gasteiger partial charge is 0.340 e. The molecule has 0 aliphatic carbocycles. The van der Waals surface area contributed by atoms with Crippen LogP contribution in [-0.2, 0) is 25.8 Å². The van der Waals surface area contributed by atoms with Gasteiger partial charge in [-0.3, -0.25) is 24.2 Å². The third-order valence-corrected chi connectivity index (χ3v) is 7.10. The number of piperazine rings is 1. The maximum absolute atomic E-state index is 14.0. The van der Waals surface area contributed by atoms with E-state index < -0.39 is 23.6 Å². The first-order valence-corrected chi connectivity index (χ1v) is 13.7. The molecule has 1 atom stereocenters. The zero-order chi connectivity index (χ0) is 30.1. The number of benzene rings is 2. The Morgan fingerprint density at radius 2 is 1.98 bits per heavy atom. The molecule has 3 amide bonds. The minimum Gasteiger partial charge on any atom is -0.340 e. The van der Waals surface area contributed by atoms with Crippen LogP contribution in [0.3, 0.4) is 0 Å². The molecule has 0 radical (unpaired) electrons. The van der Waals surface area contributed by atoms with E-state index in [9.17, 15) is 23.2 Å². The van der Waals surface area contributed by atoms with Crippen LogP contribution in [0, 0.1) is 11.6 Å². The van der Waals surface area contributed by atoms with Crippen molar-refractivity contribution in [2.75, 3.05) is 37.8 Å². The fourth-order valence-electron chi connectivity index (χ4n) is 4.47. The molecule has 0 bridgehead atoms. The number of carbonyl (C=O) groups is 3. The third kappa shape index (κ3) is 8.10. The van der Waals surface area contributed by atoms with Crippen molar-refractivity contribution < 1.29 is 32.5 Å². The van der Waals surface area contributed by atoms with Crippen molar-refractivity contribution in [3.63, 3.8) is 0 Å². The molecule has 2 heterocycles. The second-order valence-electron chi connectivity index (χ2n) is 9.55. The van der Waals surface area contributed by atoms with E-state index >= 15 is 0 Å². The van der Waals surface area contributed by atoms with Gasteiger partial charge in [0.15, 0.2) is 0 Å². The molecule has 0 unspecified atom stereocenters. The van der Waals surface area contributed by atoms with Crippen molar-refractivity contribution in [3.8, 4) is 11.3 Å². The fourth-order valence-corrected chi connectivity index (χ4v) is 4.66. The number of anilines is 1. The molecular formula is C28H31ClF2N6O5. The van der Waals surface area contributed by atoms with Crippen LogP contribution in [0.2, 0.25) is 5.02 Å². The number of nitrogens with one attached hydrogen (secondary N) is 2. The highest BCUT2D eigenvalue weighted by Crippen LogP contribution is 2.25. The minimum atomic E-state index is -0.741. The molecule has 1 saturated heterocycles. The standard InChI is InChI=1S/C28H31ClF2N6O5/c1-19(39)37(33-16-21-5-3-7-24(31)28(21)29)23(8-9-26(40)35-12-10-32-11-13-35)17-41-36(18-38)27-15-25(34-42-27)20-4-2-6-22(30)14-20/h2-7,14-15,18,23,32-33H,8-13,16-17H2,1H3/t23-/m0/s1. The van der Waals surface area contributed by atoms with E-state index in [-0.39, 0.29) is 48.5 Å². The first kappa shape index (κ1) is 31.0. The molecule has 1 aliphatic rings. The van der Waals surface area contributed by atoms with Crippen LogP contribution in [-0.4, -0.2) is 72.1 Å². The van der Waals surface area contributed by atoms with Gasteiger partial charge in [0.25, 0.3) is 5.88 Å². The summed E-state index contributed by atoms with van der Waals surface area (Å²) in [5, 5.41) is 9.06. The molecule has 224 valence electrons. The van der Waals surface area contributed by atoms with E-state index in [1.54, 1.807) is 17.0 Å². The Labute approximate surface area is 246 Å². The van der Waals surface area contributed by atoms with Crippen molar-refractivity contribution in [1.29, 1.82) is 0 Å². The lowest BCUT2D eigenvalue weighted by molar-refractivity contribution is -0.140. The van der Waals surface area contributed by atoms with Gasteiger partial charge in [-0.2, -0.15) is 5.06 Å². The zero-order valence-corrected chi connectivity index (χ0v) is 23.7. The van der Waals surface area contributed by atoms with Gasteiger partial charge < -0.3 is 14.7 Å². The Morgan fingerprint density at radius 3 is 2.69 bits per heavy atom. The summed E-state index contributed by atoms with van der Waals surface area (Å²) in [6.45, 7) is 3.63. The number of rotatable bonds is 13. The average molecular weight is 605 g/mol. The van der Waals surface area contributed by atoms with E-state index in [0.29, 0.717) is 43.7 Å². The summed E-state index contributed by atoms with van der Waals surface area (Å²) in [4.78, 5) is 45.0. The number of amides is 3. The summed E-state index contributed by atoms with van der Waals surface area (Å²) >= 11 is 6.09. The third-order valence-electron chi connectivity index (χ3n) is 6.67. The minimum absolute atomic E-state index is 0.00884. The molecule has 2 aromatic carbocycles. The van der Waals surface area contributed by atoms with Crippen LogP contribution in [0.15, 0.2) is 53.1 Å². The van der Waals surface area contributed by atoms with Gasteiger partial charge >= 0.3 is 0 Å². The van der Waals surface area contributed by atoms with Crippen LogP contribution in [0.4, 0.5) is 14.7 Å². The molecule has 3 aromatic rings. The van der Waals surface area contributed by atoms with E-state index in [0.717, 1.165) is 5.06 Å². The van der Waals surface area contributed by atoms with Crippen LogP contribution in [0.5, 0.6) is 0 Å². The van der Waals surface area contributed by atoms with Crippen molar-refractivity contribution in [2.45, 2.75) is 32.4 Å². The number of hydrazine groups is 1. The van der Waals surface area contributed by atoms with Crippen LogP contribution < -0.4 is 15.8 Å². The van der Waals surface area contributed by atoms with Gasteiger partial charge in [0, 0.05) is 57.7 Å². The van der Waals surface area contributed by atoms with E-state index in [1.807, 2.05) is 0 Å². The Morgan fingerprint density at radius 1 is 1.21 bits per heavy atom. The number of aromatic nitrogens is 1. The number of hydrogen-bond donors (Lipinski definition) is 2. The highest BCUT2D eigenvalue weighted by molar-refractivity contribution is 6.31. The first-order chi connectivity index (χ1) is 20.3. The van der Waals surface area contributed by atoms with Crippen molar-refractivity contribution in [1.82, 2.24) is 25.8 Å². The average Bonchev–Trinajstić information content (AvgIpc) is 3.48. The molecule has 1 aromatic heterocycles. The predicted octanol–water partition coefficient (Wildman–Crippen LogP) is 3.30. The summed E-state index contributed by atoms with van der Waals surface area (Å²) in [5.41, 5.74) is 4.08. The van der Waals surface area contributed by atoms with Gasteiger partial charge in [-0.15, -0.1) is 0 Å². The van der Waals surface area contributed by atoms with Crippen molar-refractivity contribution in [3.05, 3.63) is 70.8 Å². The summed E-state index contributed by atoms with van der Waals surface area (Å²) in [5.74, 6) is -1.63. The molecule has 2 N–H and O–H groups in total. The molecule has 42 heavy (non-hydrogen) atoms. The maximum atomic E-state index is 14.0. The first-order valence-electron chi connectivity index (χ1n) is 13.3. The highest BCUT2D eigenvalue weighted by atomic mass is 35.5. The lowest BCUT2D eigenvalue weighted by atomic mass is 10.1. The Bertz CT molecular complexity index is 1390. The van der Waals surface area contributed by atoms with Gasteiger partial charge in [0.1, 0.15) is 17.3 Å². The number of carbonyl (C=O) groups excluding carboxylic acids is 3. The zero-order valence-electron chi connectivity index (χ0n) is 22.9. The van der Waals surface area contributed by atoms with E-state index in [4.69, 9.17) is 21.0 Å². The quantitative estimate of drug-likeness (QED) is 0.225. The predicted molar refractivity (Wildman–Crippen MR) is 150 cm³/mol. The van der Waals surface area contributed by atoms with Gasteiger partial charge in [0.05, 0.1) is 17.7 Å². The summed E-state index contributed by atoms with van der Waals surface area (Å²) in [7, 11) is 0. The lowest BCUT2D eigenvalue weighted by Gasteiger charge is -2.33. The number of hydrogen-bond acceptors (Lipinski definition) is 8. The molecule has 4 rings (SSSR count). The van der Waals surface area contributed by atoms with Crippen LogP contribution in [0.25, 0.3) is 11.3 Å². The summed E-state index contributed by atoms with van der Waals surface area (Å²) in [6.07, 6.45) is 0.647. The molecular weight excluding hydrogens is 574 g/mol. The van der Waals surface area contributed by atoms with Gasteiger partial charge in [-0.1, -0.05) is 41.0 Å². The van der Waals surface area contributed by atoms with Crippen molar-refractivity contribution in [2.24, 2.45) is 0 Å². The number of nitrogens with zero attached hydrogens (tertiary/aromatic N) is 4. The monoisotopic (exact) mass is 604 g/mol. The van der Waals surface area contributed by atoms with Gasteiger partial charge in [0.2, 0.25) is 18.2 Å². The SMILES string of the molecule is CC(=O)N(NCc1cccc(F)c1Cl)[C@@H](CCC(=O)N1CCNCC1)CON(C=O)c1cc(-c2cccc(F)c2)no1. The Balaban J connectivity index is 1.49. The summed E-state index contributed by atoms with van der Waals surface area (Å²) in [6, 6.07) is 10.7. The molecule has 0 saturated carbocycles. The number of halogens is 3. The van der Waals surface area contributed by atoms with E-state index in [2.05, 4.69) is 15.9 Å². The van der Waals surface area contributed by atoms with Crippen LogP contribution >= 0.6 is 11.6 Å². The molecule has 1 fully saturated rings. The van der Waals surface area contributed by atoms with Gasteiger partial charge in [-0.05, 0) is 30.2 Å². The second kappa shape index (κ2) is 14.8. The van der Waals surface area contributed by atoms with Gasteiger partial charge in [-0.25, -0.2) is 14.2 Å². The maximum Gasteiger partial charge on any atom is 0.258 e. The lowest BCUT2D eigenvalue weighted by Crippen LogP contribution is -2.52. The second-order valence-corrected chi connectivity index (χ2v) is 9.93.